The number of carbonyl (C=O) groups is 1. The van der Waals surface area contributed by atoms with E-state index in [4.69, 9.17) is 9.84 Å². The highest BCUT2D eigenvalue weighted by molar-refractivity contribution is 5.78. The summed E-state index contributed by atoms with van der Waals surface area (Å²) in [4.78, 5) is 16.5. The summed E-state index contributed by atoms with van der Waals surface area (Å²) in [5.74, 6) is 0.978. The molecule has 0 unspecified atom stereocenters. The fraction of sp³-hybridized carbons (Fsp3) is 0.562. The van der Waals surface area contributed by atoms with Crippen molar-refractivity contribution in [3.63, 3.8) is 0 Å². The molecule has 0 radical (unpaired) electrons. The first kappa shape index (κ1) is 15.8. The Morgan fingerprint density at radius 2 is 1.95 bits per heavy atom. The number of β-amino-alcohol motifs (C(OH)–C–C–N with tert-alkyl or cyclic N) is 1. The third kappa shape index (κ3) is 4.72. The van der Waals surface area contributed by atoms with E-state index in [-0.39, 0.29) is 12.5 Å². The average molecular weight is 292 g/mol. The zero-order valence-electron chi connectivity index (χ0n) is 12.6. The summed E-state index contributed by atoms with van der Waals surface area (Å²) in [5, 5.41) is 8.99. The smallest absolute Gasteiger partial charge is 0.227 e. The second kappa shape index (κ2) is 8.00. The molecule has 2 rings (SSSR count). The maximum Gasteiger partial charge on any atom is 0.227 e. The molecule has 1 fully saturated rings. The van der Waals surface area contributed by atoms with Gasteiger partial charge in [0.1, 0.15) is 5.75 Å². The standard InChI is InChI=1S/C16H24N2O3/c1-21-15-5-3-14(4-6-15)13-16(20)18-8-2-7-17(9-10-18)11-12-19/h3-6,19H,2,7-13H2,1H3. The molecule has 1 aliphatic heterocycles. The summed E-state index contributed by atoms with van der Waals surface area (Å²) in [6.45, 7) is 4.22. The second-order valence-corrected chi connectivity index (χ2v) is 5.32. The first-order valence-electron chi connectivity index (χ1n) is 7.47. The van der Waals surface area contributed by atoms with Gasteiger partial charge >= 0.3 is 0 Å². The van der Waals surface area contributed by atoms with Crippen molar-refractivity contribution in [1.29, 1.82) is 0 Å². The van der Waals surface area contributed by atoms with Crippen molar-refractivity contribution in [1.82, 2.24) is 9.80 Å². The van der Waals surface area contributed by atoms with Crippen LogP contribution in [0.15, 0.2) is 24.3 Å². The van der Waals surface area contributed by atoms with Gasteiger partial charge in [-0.3, -0.25) is 9.69 Å². The van der Waals surface area contributed by atoms with Gasteiger partial charge in [0.15, 0.2) is 0 Å². The number of nitrogens with zero attached hydrogens (tertiary/aromatic N) is 2. The van der Waals surface area contributed by atoms with Crippen LogP contribution >= 0.6 is 0 Å². The number of carbonyl (C=O) groups excluding carboxylic acids is 1. The quantitative estimate of drug-likeness (QED) is 0.871. The van der Waals surface area contributed by atoms with Gasteiger partial charge in [-0.25, -0.2) is 0 Å². The topological polar surface area (TPSA) is 53.0 Å². The van der Waals surface area contributed by atoms with E-state index < -0.39 is 0 Å². The van der Waals surface area contributed by atoms with Crippen LogP contribution in [0.5, 0.6) is 5.75 Å². The first-order chi connectivity index (χ1) is 10.2. The minimum atomic E-state index is 0.172. The largest absolute Gasteiger partial charge is 0.497 e. The lowest BCUT2D eigenvalue weighted by atomic mass is 10.1. The van der Waals surface area contributed by atoms with Crippen LogP contribution in [0.4, 0.5) is 0 Å². The molecular weight excluding hydrogens is 268 g/mol. The Bertz CT molecular complexity index is 447. The SMILES string of the molecule is COc1ccc(CC(=O)N2CCCN(CCO)CC2)cc1. The minimum absolute atomic E-state index is 0.172. The van der Waals surface area contributed by atoms with E-state index in [2.05, 4.69) is 4.90 Å². The predicted octanol–water partition coefficient (Wildman–Crippen LogP) is 0.764. The molecule has 1 aromatic carbocycles. The number of hydrogen-bond donors (Lipinski definition) is 1. The molecule has 5 nitrogen and oxygen atoms in total. The van der Waals surface area contributed by atoms with Crippen LogP contribution in [-0.4, -0.2) is 67.3 Å². The van der Waals surface area contributed by atoms with Crippen molar-refractivity contribution in [3.05, 3.63) is 29.8 Å². The van der Waals surface area contributed by atoms with Gasteiger partial charge in [0.25, 0.3) is 0 Å². The molecule has 0 atom stereocenters. The minimum Gasteiger partial charge on any atom is -0.497 e. The Kier molecular flexibility index (Phi) is 6.02. The van der Waals surface area contributed by atoms with Gasteiger partial charge in [0.2, 0.25) is 5.91 Å². The third-order valence-electron chi connectivity index (χ3n) is 3.87. The summed E-state index contributed by atoms with van der Waals surface area (Å²) >= 11 is 0. The number of aliphatic hydroxyl groups is 1. The number of methoxy groups -OCH3 is 1. The van der Waals surface area contributed by atoms with E-state index in [9.17, 15) is 4.79 Å². The van der Waals surface area contributed by atoms with E-state index in [0.717, 1.165) is 43.9 Å². The van der Waals surface area contributed by atoms with Crippen molar-refractivity contribution in [3.8, 4) is 5.75 Å². The average Bonchev–Trinajstić information content (AvgIpc) is 2.74. The lowest BCUT2D eigenvalue weighted by Crippen LogP contribution is -2.36. The molecule has 0 bridgehead atoms. The molecule has 1 aromatic rings. The van der Waals surface area contributed by atoms with Crippen LogP contribution in [0.3, 0.4) is 0 Å². The van der Waals surface area contributed by atoms with Crippen LogP contribution < -0.4 is 4.74 Å². The van der Waals surface area contributed by atoms with Gasteiger partial charge in [-0.05, 0) is 30.7 Å². The van der Waals surface area contributed by atoms with Crippen molar-refractivity contribution in [2.45, 2.75) is 12.8 Å². The van der Waals surface area contributed by atoms with Gasteiger partial charge in [0.05, 0.1) is 20.1 Å². The molecular formula is C16H24N2O3. The molecule has 5 heteroatoms. The molecule has 1 heterocycles. The van der Waals surface area contributed by atoms with Crippen molar-refractivity contribution >= 4 is 5.91 Å². The highest BCUT2D eigenvalue weighted by Gasteiger charge is 2.18. The van der Waals surface area contributed by atoms with Crippen molar-refractivity contribution in [2.75, 3.05) is 46.4 Å². The first-order valence-corrected chi connectivity index (χ1v) is 7.47. The summed E-state index contributed by atoms with van der Waals surface area (Å²) in [6, 6.07) is 7.64. The van der Waals surface area contributed by atoms with Crippen LogP contribution in [0.2, 0.25) is 0 Å². The van der Waals surface area contributed by atoms with E-state index >= 15 is 0 Å². The summed E-state index contributed by atoms with van der Waals surface area (Å²) in [7, 11) is 1.63. The van der Waals surface area contributed by atoms with E-state index in [0.29, 0.717) is 13.0 Å². The fourth-order valence-corrected chi connectivity index (χ4v) is 2.62. The van der Waals surface area contributed by atoms with Gasteiger partial charge in [-0.15, -0.1) is 0 Å². The zero-order chi connectivity index (χ0) is 15.1. The molecule has 0 aliphatic carbocycles. The molecule has 1 amide bonds. The Morgan fingerprint density at radius 1 is 1.19 bits per heavy atom. The number of rotatable bonds is 5. The van der Waals surface area contributed by atoms with Crippen LogP contribution in [-0.2, 0) is 11.2 Å². The number of amides is 1. The van der Waals surface area contributed by atoms with Gasteiger partial charge < -0.3 is 14.7 Å². The molecule has 1 N–H and O–H groups in total. The molecule has 0 saturated carbocycles. The molecule has 1 saturated heterocycles. The van der Waals surface area contributed by atoms with Gasteiger partial charge in [0, 0.05) is 26.2 Å². The molecule has 0 spiro atoms. The zero-order valence-corrected chi connectivity index (χ0v) is 12.6. The maximum absolute atomic E-state index is 12.4. The van der Waals surface area contributed by atoms with Crippen molar-refractivity contribution < 1.29 is 14.6 Å². The van der Waals surface area contributed by atoms with Gasteiger partial charge in [-0.1, -0.05) is 12.1 Å². The Labute approximate surface area is 126 Å². The Hall–Kier alpha value is -1.59. The summed E-state index contributed by atoms with van der Waals surface area (Å²) in [6.07, 6.45) is 1.40. The monoisotopic (exact) mass is 292 g/mol. The molecule has 21 heavy (non-hydrogen) atoms. The normalized spacial score (nSPS) is 16.6. The van der Waals surface area contributed by atoms with Crippen LogP contribution in [0.1, 0.15) is 12.0 Å². The Morgan fingerprint density at radius 3 is 2.62 bits per heavy atom. The number of aliphatic hydroxyl groups excluding tert-OH is 1. The van der Waals surface area contributed by atoms with Gasteiger partial charge in [-0.2, -0.15) is 0 Å². The second-order valence-electron chi connectivity index (χ2n) is 5.32. The van der Waals surface area contributed by atoms with E-state index in [1.54, 1.807) is 7.11 Å². The predicted molar refractivity (Wildman–Crippen MR) is 81.4 cm³/mol. The molecule has 0 aromatic heterocycles. The third-order valence-corrected chi connectivity index (χ3v) is 3.87. The number of benzene rings is 1. The van der Waals surface area contributed by atoms with Crippen LogP contribution in [0, 0.1) is 0 Å². The highest BCUT2D eigenvalue weighted by atomic mass is 16.5. The highest BCUT2D eigenvalue weighted by Crippen LogP contribution is 2.13. The maximum atomic E-state index is 12.4. The number of ether oxygens (including phenoxy) is 1. The fourth-order valence-electron chi connectivity index (χ4n) is 2.62. The Balaban J connectivity index is 1.87. The van der Waals surface area contributed by atoms with E-state index in [1.807, 2.05) is 29.2 Å². The summed E-state index contributed by atoms with van der Waals surface area (Å²) in [5.41, 5.74) is 1.01. The van der Waals surface area contributed by atoms with E-state index in [1.165, 1.54) is 0 Å². The number of hydrogen-bond acceptors (Lipinski definition) is 4. The summed E-state index contributed by atoms with van der Waals surface area (Å²) < 4.78 is 5.12. The molecule has 1 aliphatic rings. The molecule has 116 valence electrons. The van der Waals surface area contributed by atoms with Crippen LogP contribution in [0.25, 0.3) is 0 Å². The lowest BCUT2D eigenvalue weighted by molar-refractivity contribution is -0.130. The van der Waals surface area contributed by atoms with Crippen molar-refractivity contribution in [2.24, 2.45) is 0 Å². The lowest BCUT2D eigenvalue weighted by Gasteiger charge is -2.21.